The number of rotatable bonds is 4. The van der Waals surface area contributed by atoms with Crippen molar-refractivity contribution in [1.29, 1.82) is 0 Å². The van der Waals surface area contributed by atoms with Gasteiger partial charge in [0, 0.05) is 29.4 Å². The Morgan fingerprint density at radius 2 is 2.08 bits per heavy atom. The van der Waals surface area contributed by atoms with Crippen molar-refractivity contribution in [3.05, 3.63) is 69.1 Å². The monoisotopic (exact) mass is 395 g/mol. The lowest BCUT2D eigenvalue weighted by Gasteiger charge is -2.30. The molecule has 1 fully saturated rings. The average Bonchev–Trinajstić information content (AvgIpc) is 2.60. The highest BCUT2D eigenvalue weighted by molar-refractivity contribution is 6.31. The van der Waals surface area contributed by atoms with Gasteiger partial charge in [-0.1, -0.05) is 29.8 Å². The molecular formula is C19H23Cl2N3O2. The highest BCUT2D eigenvalue weighted by atomic mass is 35.5. The van der Waals surface area contributed by atoms with E-state index in [1.807, 2.05) is 18.2 Å². The molecule has 1 saturated heterocycles. The highest BCUT2D eigenvalue weighted by Crippen LogP contribution is 2.16. The number of piperidine rings is 1. The number of nitrogens with zero attached hydrogens (tertiary/aromatic N) is 1. The van der Waals surface area contributed by atoms with Crippen molar-refractivity contribution in [3.63, 3.8) is 0 Å². The van der Waals surface area contributed by atoms with Crippen LogP contribution >= 0.6 is 24.0 Å². The third-order valence-electron chi connectivity index (χ3n) is 4.62. The van der Waals surface area contributed by atoms with Gasteiger partial charge in [0.2, 0.25) is 0 Å². The fraction of sp³-hybridized carbons (Fsp3) is 0.368. The minimum absolute atomic E-state index is 0. The molecule has 1 aromatic carbocycles. The zero-order valence-corrected chi connectivity index (χ0v) is 16.1. The Morgan fingerprint density at radius 1 is 1.31 bits per heavy atom. The third kappa shape index (κ3) is 4.87. The molecule has 2 atom stereocenters. The van der Waals surface area contributed by atoms with Crippen LogP contribution in [-0.4, -0.2) is 29.1 Å². The van der Waals surface area contributed by atoms with E-state index in [2.05, 4.69) is 17.6 Å². The third-order valence-corrected chi connectivity index (χ3v) is 4.99. The highest BCUT2D eigenvalue weighted by Gasteiger charge is 2.23. The van der Waals surface area contributed by atoms with Gasteiger partial charge in [0.15, 0.2) is 0 Å². The summed E-state index contributed by atoms with van der Waals surface area (Å²) in [5.74, 6) is -0.159. The van der Waals surface area contributed by atoms with Gasteiger partial charge >= 0.3 is 0 Å². The Hall–Kier alpha value is -1.82. The van der Waals surface area contributed by atoms with Crippen LogP contribution in [0.25, 0.3) is 0 Å². The second-order valence-corrected chi connectivity index (χ2v) is 6.85. The van der Waals surface area contributed by atoms with E-state index in [0.29, 0.717) is 17.1 Å². The summed E-state index contributed by atoms with van der Waals surface area (Å²) in [6.45, 7) is 3.39. The van der Waals surface area contributed by atoms with Gasteiger partial charge in [-0.3, -0.25) is 9.59 Å². The molecule has 3 rings (SSSR count). The number of pyridine rings is 1. The van der Waals surface area contributed by atoms with Gasteiger partial charge in [0.05, 0.1) is 12.1 Å². The zero-order chi connectivity index (χ0) is 17.8. The summed E-state index contributed by atoms with van der Waals surface area (Å²) in [6.07, 6.45) is 3.60. The van der Waals surface area contributed by atoms with Crippen LogP contribution in [0.4, 0.5) is 0 Å². The molecule has 2 heterocycles. The van der Waals surface area contributed by atoms with Crippen molar-refractivity contribution in [2.75, 3.05) is 6.54 Å². The summed E-state index contributed by atoms with van der Waals surface area (Å²) in [5, 5.41) is 7.03. The lowest BCUT2D eigenvalue weighted by atomic mass is 9.99. The van der Waals surface area contributed by atoms with Gasteiger partial charge in [-0.2, -0.15) is 0 Å². The van der Waals surface area contributed by atoms with Crippen LogP contribution in [0.5, 0.6) is 0 Å². The number of nitrogens with one attached hydrogen (secondary N) is 2. The number of carbonyl (C=O) groups excluding carboxylic acids is 1. The van der Waals surface area contributed by atoms with Gasteiger partial charge in [-0.25, -0.2) is 0 Å². The largest absolute Gasteiger partial charge is 0.348 e. The summed E-state index contributed by atoms with van der Waals surface area (Å²) in [7, 11) is 0. The Morgan fingerprint density at radius 3 is 2.81 bits per heavy atom. The first-order chi connectivity index (χ1) is 12.0. The molecule has 140 valence electrons. The molecule has 1 amide bonds. The first-order valence-electron chi connectivity index (χ1n) is 8.53. The normalized spacial score (nSPS) is 19.5. The minimum atomic E-state index is -0.163. The smallest absolute Gasteiger partial charge is 0.253 e. The Kier molecular flexibility index (Phi) is 7.26. The molecule has 2 N–H and O–H groups in total. The number of hydrogen-bond donors (Lipinski definition) is 2. The molecule has 0 aliphatic carbocycles. The van der Waals surface area contributed by atoms with E-state index >= 15 is 0 Å². The summed E-state index contributed by atoms with van der Waals surface area (Å²) in [4.78, 5) is 24.7. The van der Waals surface area contributed by atoms with E-state index in [9.17, 15) is 9.59 Å². The molecule has 0 bridgehead atoms. The van der Waals surface area contributed by atoms with E-state index in [0.717, 1.165) is 24.9 Å². The van der Waals surface area contributed by atoms with Gasteiger partial charge < -0.3 is 15.2 Å². The fourth-order valence-corrected chi connectivity index (χ4v) is 3.29. The molecule has 26 heavy (non-hydrogen) atoms. The molecular weight excluding hydrogens is 373 g/mol. The molecule has 7 heteroatoms. The van der Waals surface area contributed by atoms with Crippen LogP contribution in [0.3, 0.4) is 0 Å². The predicted molar refractivity (Wildman–Crippen MR) is 106 cm³/mol. The minimum Gasteiger partial charge on any atom is -0.348 e. The van der Waals surface area contributed by atoms with Crippen molar-refractivity contribution in [2.24, 2.45) is 0 Å². The van der Waals surface area contributed by atoms with Crippen LogP contribution < -0.4 is 16.2 Å². The van der Waals surface area contributed by atoms with Crippen molar-refractivity contribution in [2.45, 2.75) is 38.4 Å². The van der Waals surface area contributed by atoms with Crippen molar-refractivity contribution < 1.29 is 4.79 Å². The van der Waals surface area contributed by atoms with Crippen LogP contribution in [0.15, 0.2) is 47.4 Å². The number of halogens is 2. The van der Waals surface area contributed by atoms with Crippen molar-refractivity contribution in [3.8, 4) is 0 Å². The molecule has 2 unspecified atom stereocenters. The quantitative estimate of drug-likeness (QED) is 0.836. The van der Waals surface area contributed by atoms with Crippen LogP contribution in [0.2, 0.25) is 5.02 Å². The van der Waals surface area contributed by atoms with E-state index in [1.165, 1.54) is 10.6 Å². The first-order valence-corrected chi connectivity index (χ1v) is 8.90. The van der Waals surface area contributed by atoms with Gasteiger partial charge in [-0.15, -0.1) is 12.4 Å². The summed E-state index contributed by atoms with van der Waals surface area (Å²) < 4.78 is 1.51. The van der Waals surface area contributed by atoms with Crippen molar-refractivity contribution >= 4 is 29.9 Å². The Bertz CT molecular complexity index is 822. The summed E-state index contributed by atoms with van der Waals surface area (Å²) in [6, 6.07) is 10.7. The van der Waals surface area contributed by atoms with E-state index < -0.39 is 0 Å². The first kappa shape index (κ1) is 20.5. The Labute approximate surface area is 164 Å². The number of benzene rings is 1. The maximum absolute atomic E-state index is 12.6. The second-order valence-electron chi connectivity index (χ2n) is 6.44. The SMILES string of the molecule is CC1NCCCC1NC(=O)c1ccc(=O)n(Cc2ccccc2Cl)c1.Cl. The van der Waals surface area contributed by atoms with Gasteiger partial charge in [-0.05, 0) is 44.0 Å². The molecule has 0 radical (unpaired) electrons. The van der Waals surface area contributed by atoms with E-state index in [-0.39, 0.29) is 36.0 Å². The maximum atomic E-state index is 12.6. The van der Waals surface area contributed by atoms with Gasteiger partial charge in [0.25, 0.3) is 11.5 Å². The molecule has 1 aliphatic rings. The van der Waals surface area contributed by atoms with E-state index in [1.54, 1.807) is 18.3 Å². The zero-order valence-electron chi connectivity index (χ0n) is 14.6. The van der Waals surface area contributed by atoms with Gasteiger partial charge in [0.1, 0.15) is 0 Å². The van der Waals surface area contributed by atoms with Crippen molar-refractivity contribution in [1.82, 2.24) is 15.2 Å². The molecule has 0 spiro atoms. The molecule has 1 aliphatic heterocycles. The fourth-order valence-electron chi connectivity index (χ4n) is 3.09. The second kappa shape index (κ2) is 9.21. The number of hydrogen-bond acceptors (Lipinski definition) is 3. The average molecular weight is 396 g/mol. The molecule has 1 aromatic heterocycles. The molecule has 5 nitrogen and oxygen atoms in total. The summed E-state index contributed by atoms with van der Waals surface area (Å²) in [5.41, 5.74) is 1.16. The summed E-state index contributed by atoms with van der Waals surface area (Å²) >= 11 is 6.17. The molecule has 0 saturated carbocycles. The Balaban J connectivity index is 0.00000243. The topological polar surface area (TPSA) is 63.1 Å². The maximum Gasteiger partial charge on any atom is 0.253 e. The number of amides is 1. The lowest BCUT2D eigenvalue weighted by Crippen LogP contribution is -2.52. The van der Waals surface area contributed by atoms with Crippen LogP contribution in [0, 0.1) is 0 Å². The predicted octanol–water partition coefficient (Wildman–Crippen LogP) is 2.84. The standard InChI is InChI=1S/C19H22ClN3O2.ClH/c1-13-17(7-4-10-21-13)22-19(25)15-8-9-18(24)23(12-15)11-14-5-2-3-6-16(14)20;/h2-3,5-6,8-9,12-13,17,21H,4,7,10-11H2,1H3,(H,22,25);1H. The van der Waals surface area contributed by atoms with Crippen LogP contribution in [0.1, 0.15) is 35.7 Å². The van der Waals surface area contributed by atoms with E-state index in [4.69, 9.17) is 11.6 Å². The lowest BCUT2D eigenvalue weighted by molar-refractivity contribution is 0.0919. The number of aromatic nitrogens is 1. The number of carbonyl (C=O) groups is 1. The molecule has 2 aromatic rings. The van der Waals surface area contributed by atoms with Crippen LogP contribution in [-0.2, 0) is 6.54 Å².